The minimum absolute atomic E-state index is 0.895. The number of hydrogen-bond acceptors (Lipinski definition) is 4. The van der Waals surface area contributed by atoms with Gasteiger partial charge in [-0.25, -0.2) is 0 Å². The molecule has 0 bridgehead atoms. The van der Waals surface area contributed by atoms with E-state index in [-0.39, 0.29) is 0 Å². The Balaban J connectivity index is 4.74. The van der Waals surface area contributed by atoms with Crippen LogP contribution in [0.2, 0.25) is 0 Å². The largest absolute Gasteiger partial charge is 0.309 e. The first-order valence-electron chi connectivity index (χ1n) is 13.0. The molecule has 0 N–H and O–H groups in total. The minimum Gasteiger partial charge on any atom is -0.309 e. The number of hydrogen-bond donors (Lipinski definition) is 0. The third kappa shape index (κ3) is 17.5. The van der Waals surface area contributed by atoms with Gasteiger partial charge >= 0.3 is 0 Å². The first kappa shape index (κ1) is 29.8. The van der Waals surface area contributed by atoms with Gasteiger partial charge in [0.2, 0.25) is 0 Å². The fraction of sp³-hybridized carbons (Fsp3) is 1.00. The smallest absolute Gasteiger partial charge is 0.00189 e. The molecule has 0 aliphatic rings. The summed E-state index contributed by atoms with van der Waals surface area (Å²) in [6, 6.07) is 0. The van der Waals surface area contributed by atoms with Gasteiger partial charge < -0.3 is 19.6 Å². The molecule has 0 aromatic carbocycles. The van der Waals surface area contributed by atoms with Crippen molar-refractivity contribution in [3.05, 3.63) is 0 Å². The third-order valence-corrected chi connectivity index (χ3v) is 6.67. The Morgan fingerprint density at radius 2 is 0.867 bits per heavy atom. The van der Waals surface area contributed by atoms with Crippen LogP contribution in [-0.4, -0.2) is 101 Å². The Kier molecular flexibility index (Phi) is 19.4. The molecule has 0 spiro atoms. The number of rotatable bonds is 21. The van der Waals surface area contributed by atoms with Crippen molar-refractivity contribution < 1.29 is 0 Å². The molecule has 4 heteroatoms. The zero-order valence-corrected chi connectivity index (χ0v) is 22.3. The summed E-state index contributed by atoms with van der Waals surface area (Å²) in [6.45, 7) is 12.0. The van der Waals surface area contributed by atoms with Crippen molar-refractivity contribution in [1.82, 2.24) is 19.6 Å². The van der Waals surface area contributed by atoms with Gasteiger partial charge in [0.25, 0.3) is 0 Å². The fourth-order valence-electron chi connectivity index (χ4n) is 4.63. The summed E-state index contributed by atoms with van der Waals surface area (Å²) in [7, 11) is 13.3. The molecule has 182 valence electrons. The number of nitrogens with zero attached hydrogens (tertiary/aromatic N) is 4. The summed E-state index contributed by atoms with van der Waals surface area (Å²) in [6.07, 6.45) is 14.0. The predicted octanol–water partition coefficient (Wildman–Crippen LogP) is 5.15. The molecule has 0 aliphatic carbocycles. The molecule has 0 saturated heterocycles. The Morgan fingerprint density at radius 3 is 1.40 bits per heavy atom. The summed E-state index contributed by atoms with van der Waals surface area (Å²) in [4.78, 5) is 9.65. The maximum atomic E-state index is 2.59. The van der Waals surface area contributed by atoms with Gasteiger partial charge in [0, 0.05) is 0 Å². The quantitative estimate of drug-likeness (QED) is 0.235. The molecule has 30 heavy (non-hydrogen) atoms. The summed E-state index contributed by atoms with van der Waals surface area (Å²) >= 11 is 0. The van der Waals surface area contributed by atoms with Crippen LogP contribution in [0.5, 0.6) is 0 Å². The van der Waals surface area contributed by atoms with Gasteiger partial charge in [-0.15, -0.1) is 0 Å². The van der Waals surface area contributed by atoms with Crippen LogP contribution in [0.25, 0.3) is 0 Å². The van der Waals surface area contributed by atoms with Crippen LogP contribution in [0.1, 0.15) is 78.1 Å². The van der Waals surface area contributed by atoms with E-state index in [0.717, 1.165) is 11.8 Å². The molecule has 4 nitrogen and oxygen atoms in total. The Labute approximate surface area is 191 Å². The van der Waals surface area contributed by atoms with Crippen molar-refractivity contribution in [1.29, 1.82) is 0 Å². The van der Waals surface area contributed by atoms with Crippen molar-refractivity contribution in [2.75, 3.05) is 81.6 Å². The maximum Gasteiger partial charge on any atom is -0.00189 e. The molecule has 2 atom stereocenters. The molecule has 0 aromatic heterocycles. The molecular formula is C26H58N4. The highest BCUT2D eigenvalue weighted by atomic mass is 15.1. The highest BCUT2D eigenvalue weighted by Crippen LogP contribution is 2.31. The summed E-state index contributed by atoms with van der Waals surface area (Å²) in [5.41, 5.74) is 0. The minimum atomic E-state index is 0.895. The average Bonchev–Trinajstić information content (AvgIpc) is 2.68. The highest BCUT2D eigenvalue weighted by molar-refractivity contribution is 4.74. The van der Waals surface area contributed by atoms with Gasteiger partial charge in [-0.3, -0.25) is 0 Å². The van der Waals surface area contributed by atoms with Crippen LogP contribution in [0.3, 0.4) is 0 Å². The van der Waals surface area contributed by atoms with E-state index >= 15 is 0 Å². The van der Waals surface area contributed by atoms with Crippen LogP contribution in [-0.2, 0) is 0 Å². The second-order valence-electron chi connectivity index (χ2n) is 10.2. The first-order valence-corrected chi connectivity index (χ1v) is 13.0. The monoisotopic (exact) mass is 426 g/mol. The molecule has 0 saturated carbocycles. The maximum absolute atomic E-state index is 2.59. The van der Waals surface area contributed by atoms with Gasteiger partial charge in [-0.1, -0.05) is 39.5 Å². The Morgan fingerprint density at radius 1 is 0.433 bits per heavy atom. The molecule has 0 rings (SSSR count). The van der Waals surface area contributed by atoms with E-state index in [0.29, 0.717) is 0 Å². The highest BCUT2D eigenvalue weighted by Gasteiger charge is 2.21. The second kappa shape index (κ2) is 19.5. The zero-order chi connectivity index (χ0) is 22.8. The fourth-order valence-corrected chi connectivity index (χ4v) is 4.63. The Hall–Kier alpha value is -0.160. The standard InChI is InChI=1S/C26H58N4/c1-9-30(10-2)23-16-19-26(20-24-29(7)8)25(18-15-22-28(5)6)17-13-11-12-14-21-27(3)4/h25-26H,9-24H2,1-8H3. The average molecular weight is 427 g/mol. The zero-order valence-electron chi connectivity index (χ0n) is 22.3. The van der Waals surface area contributed by atoms with Gasteiger partial charge in [-0.2, -0.15) is 0 Å². The van der Waals surface area contributed by atoms with E-state index in [9.17, 15) is 0 Å². The molecular weight excluding hydrogens is 368 g/mol. The van der Waals surface area contributed by atoms with Gasteiger partial charge in [0.1, 0.15) is 0 Å². The molecule has 0 fully saturated rings. The van der Waals surface area contributed by atoms with Crippen molar-refractivity contribution >= 4 is 0 Å². The predicted molar refractivity (Wildman–Crippen MR) is 137 cm³/mol. The van der Waals surface area contributed by atoms with Crippen molar-refractivity contribution in [3.63, 3.8) is 0 Å². The van der Waals surface area contributed by atoms with Gasteiger partial charge in [0.15, 0.2) is 0 Å². The number of unbranched alkanes of at least 4 members (excludes halogenated alkanes) is 3. The van der Waals surface area contributed by atoms with E-state index in [1.165, 1.54) is 103 Å². The molecule has 0 aliphatic heterocycles. The van der Waals surface area contributed by atoms with Gasteiger partial charge in [0.05, 0.1) is 0 Å². The lowest BCUT2D eigenvalue weighted by molar-refractivity contribution is 0.205. The molecule has 0 heterocycles. The van der Waals surface area contributed by atoms with Crippen molar-refractivity contribution in [3.8, 4) is 0 Å². The lowest BCUT2D eigenvalue weighted by atomic mass is 9.79. The van der Waals surface area contributed by atoms with Crippen LogP contribution in [0.15, 0.2) is 0 Å². The van der Waals surface area contributed by atoms with Crippen LogP contribution < -0.4 is 0 Å². The van der Waals surface area contributed by atoms with Crippen LogP contribution >= 0.6 is 0 Å². The first-order chi connectivity index (χ1) is 14.3. The van der Waals surface area contributed by atoms with E-state index < -0.39 is 0 Å². The molecule has 0 aromatic rings. The lowest BCUT2D eigenvalue weighted by Gasteiger charge is -2.30. The summed E-state index contributed by atoms with van der Waals surface area (Å²) < 4.78 is 0. The molecule has 0 amide bonds. The second-order valence-corrected chi connectivity index (χ2v) is 10.2. The van der Waals surface area contributed by atoms with Crippen LogP contribution in [0.4, 0.5) is 0 Å². The van der Waals surface area contributed by atoms with E-state index in [4.69, 9.17) is 0 Å². The topological polar surface area (TPSA) is 13.0 Å². The van der Waals surface area contributed by atoms with Crippen LogP contribution in [0, 0.1) is 11.8 Å². The normalized spacial score (nSPS) is 14.4. The molecule has 0 radical (unpaired) electrons. The van der Waals surface area contributed by atoms with Crippen molar-refractivity contribution in [2.45, 2.75) is 78.1 Å². The van der Waals surface area contributed by atoms with Gasteiger partial charge in [-0.05, 0) is 132 Å². The van der Waals surface area contributed by atoms with Crippen molar-refractivity contribution in [2.24, 2.45) is 11.8 Å². The Bertz CT molecular complexity index is 353. The summed E-state index contributed by atoms with van der Waals surface area (Å²) in [5, 5.41) is 0. The van der Waals surface area contributed by atoms with E-state index in [1.807, 2.05) is 0 Å². The van der Waals surface area contributed by atoms with E-state index in [2.05, 4.69) is 75.7 Å². The SMILES string of the molecule is CCN(CC)CCCC(CCN(C)C)C(CCCCCCN(C)C)CCCN(C)C. The molecule has 2 unspecified atom stereocenters. The third-order valence-electron chi connectivity index (χ3n) is 6.67. The van der Waals surface area contributed by atoms with E-state index in [1.54, 1.807) is 0 Å². The lowest BCUT2D eigenvalue weighted by Crippen LogP contribution is -2.27. The summed E-state index contributed by atoms with van der Waals surface area (Å²) in [5.74, 6) is 1.81.